The topological polar surface area (TPSA) is 46.9 Å². The van der Waals surface area contributed by atoms with E-state index < -0.39 is 0 Å². The third-order valence-electron chi connectivity index (χ3n) is 3.18. The number of aromatic nitrogens is 2. The Kier molecular flexibility index (Phi) is 3.83. The monoisotopic (exact) mass is 297 g/mol. The van der Waals surface area contributed by atoms with Crippen LogP contribution in [0.5, 0.6) is 0 Å². The molecule has 106 valence electrons. The second-order valence-corrected chi connectivity index (χ2v) is 5.63. The second kappa shape index (κ2) is 5.93. The molecule has 4 nitrogen and oxygen atoms in total. The van der Waals surface area contributed by atoms with Crippen molar-refractivity contribution in [3.8, 4) is 10.6 Å². The Morgan fingerprint density at radius 2 is 2.05 bits per heavy atom. The van der Waals surface area contributed by atoms with Gasteiger partial charge in [-0.05, 0) is 23.1 Å². The van der Waals surface area contributed by atoms with E-state index in [4.69, 9.17) is 0 Å². The maximum absolute atomic E-state index is 12.2. The molecule has 0 fully saturated rings. The zero-order chi connectivity index (χ0) is 14.7. The maximum atomic E-state index is 12.2. The van der Waals surface area contributed by atoms with E-state index >= 15 is 0 Å². The van der Waals surface area contributed by atoms with E-state index in [9.17, 15) is 4.79 Å². The first kappa shape index (κ1) is 13.6. The molecule has 0 aliphatic heterocycles. The zero-order valence-electron chi connectivity index (χ0n) is 11.6. The molecule has 0 saturated heterocycles. The quantitative estimate of drug-likeness (QED) is 0.804. The standard InChI is InChI=1S/C16H15N3OS/c1-19-14(15-8-5-9-21-15)10-13(18-19)16(20)17-11-12-6-3-2-4-7-12/h2-10H,11H2,1H3,(H,17,20). The molecular formula is C16H15N3OS. The average molecular weight is 297 g/mol. The van der Waals surface area contributed by atoms with Crippen molar-refractivity contribution in [2.75, 3.05) is 0 Å². The average Bonchev–Trinajstić information content (AvgIpc) is 3.15. The lowest BCUT2D eigenvalue weighted by Gasteiger charge is -2.02. The normalized spacial score (nSPS) is 10.5. The fraction of sp³-hybridized carbons (Fsp3) is 0.125. The molecule has 0 aliphatic carbocycles. The van der Waals surface area contributed by atoms with Crippen molar-refractivity contribution in [2.45, 2.75) is 6.54 Å². The van der Waals surface area contributed by atoms with Crippen LogP contribution in [0.4, 0.5) is 0 Å². The first-order chi connectivity index (χ1) is 10.2. The molecule has 0 unspecified atom stereocenters. The molecule has 2 aromatic heterocycles. The van der Waals surface area contributed by atoms with E-state index in [-0.39, 0.29) is 5.91 Å². The molecule has 0 saturated carbocycles. The first-order valence-corrected chi connectivity index (χ1v) is 7.52. The fourth-order valence-electron chi connectivity index (χ4n) is 2.10. The van der Waals surface area contributed by atoms with Crippen molar-refractivity contribution in [2.24, 2.45) is 7.05 Å². The Morgan fingerprint density at radius 3 is 2.76 bits per heavy atom. The molecule has 3 aromatic rings. The van der Waals surface area contributed by atoms with Gasteiger partial charge in [-0.3, -0.25) is 9.48 Å². The van der Waals surface area contributed by atoms with E-state index in [1.165, 1.54) is 0 Å². The third kappa shape index (κ3) is 3.03. The van der Waals surface area contributed by atoms with Gasteiger partial charge in [0.1, 0.15) is 0 Å². The van der Waals surface area contributed by atoms with Crippen molar-refractivity contribution in [3.05, 3.63) is 65.2 Å². The molecule has 0 aliphatic rings. The number of nitrogens with one attached hydrogen (secondary N) is 1. The van der Waals surface area contributed by atoms with Gasteiger partial charge in [-0.25, -0.2) is 0 Å². The highest BCUT2D eigenvalue weighted by atomic mass is 32.1. The van der Waals surface area contributed by atoms with Gasteiger partial charge in [-0.15, -0.1) is 11.3 Å². The number of benzene rings is 1. The summed E-state index contributed by atoms with van der Waals surface area (Å²) in [4.78, 5) is 13.3. The molecule has 21 heavy (non-hydrogen) atoms. The number of rotatable bonds is 4. The lowest BCUT2D eigenvalue weighted by molar-refractivity contribution is 0.0945. The Hall–Kier alpha value is -2.40. The largest absolute Gasteiger partial charge is 0.347 e. The molecule has 1 aromatic carbocycles. The minimum absolute atomic E-state index is 0.155. The smallest absolute Gasteiger partial charge is 0.272 e. The van der Waals surface area contributed by atoms with Gasteiger partial charge in [0.25, 0.3) is 5.91 Å². The van der Waals surface area contributed by atoms with Crippen LogP contribution < -0.4 is 5.32 Å². The molecule has 0 atom stereocenters. The van der Waals surface area contributed by atoms with Crippen LogP contribution in [0.1, 0.15) is 16.1 Å². The number of carbonyl (C=O) groups excluding carboxylic acids is 1. The number of carbonyl (C=O) groups is 1. The summed E-state index contributed by atoms with van der Waals surface area (Å²) in [6, 6.07) is 15.7. The van der Waals surface area contributed by atoms with E-state index in [2.05, 4.69) is 10.4 Å². The number of aryl methyl sites for hydroxylation is 1. The molecule has 1 N–H and O–H groups in total. The highest BCUT2D eigenvalue weighted by molar-refractivity contribution is 7.13. The van der Waals surface area contributed by atoms with Crippen LogP contribution >= 0.6 is 11.3 Å². The Balaban J connectivity index is 1.72. The summed E-state index contributed by atoms with van der Waals surface area (Å²) in [5.74, 6) is -0.155. The molecule has 0 spiro atoms. The van der Waals surface area contributed by atoms with Gasteiger partial charge >= 0.3 is 0 Å². The summed E-state index contributed by atoms with van der Waals surface area (Å²) >= 11 is 1.63. The number of amides is 1. The van der Waals surface area contributed by atoms with Gasteiger partial charge in [-0.1, -0.05) is 36.4 Å². The molecule has 5 heteroatoms. The third-order valence-corrected chi connectivity index (χ3v) is 4.07. The summed E-state index contributed by atoms with van der Waals surface area (Å²) in [7, 11) is 1.85. The van der Waals surface area contributed by atoms with Crippen molar-refractivity contribution in [1.29, 1.82) is 0 Å². The summed E-state index contributed by atoms with van der Waals surface area (Å²) in [6.07, 6.45) is 0. The Morgan fingerprint density at radius 1 is 1.24 bits per heavy atom. The van der Waals surface area contributed by atoms with Gasteiger partial charge in [0.15, 0.2) is 5.69 Å². The highest BCUT2D eigenvalue weighted by Crippen LogP contribution is 2.24. The number of hydrogen-bond donors (Lipinski definition) is 1. The van der Waals surface area contributed by atoms with Crippen LogP contribution in [0.3, 0.4) is 0 Å². The van der Waals surface area contributed by atoms with Crippen LogP contribution in [0.2, 0.25) is 0 Å². The first-order valence-electron chi connectivity index (χ1n) is 6.64. The van der Waals surface area contributed by atoms with Gasteiger partial charge in [0.2, 0.25) is 0 Å². The van der Waals surface area contributed by atoms with Crippen LogP contribution in [0, 0.1) is 0 Å². The number of nitrogens with zero attached hydrogens (tertiary/aromatic N) is 2. The Labute approximate surface area is 127 Å². The van der Waals surface area contributed by atoms with Crippen molar-refractivity contribution in [1.82, 2.24) is 15.1 Å². The van der Waals surface area contributed by atoms with Crippen molar-refractivity contribution < 1.29 is 4.79 Å². The van der Waals surface area contributed by atoms with Crippen LogP contribution in [0.15, 0.2) is 53.9 Å². The number of hydrogen-bond acceptors (Lipinski definition) is 3. The second-order valence-electron chi connectivity index (χ2n) is 4.68. The molecule has 1 amide bonds. The fourth-order valence-corrected chi connectivity index (χ4v) is 2.87. The molecular weight excluding hydrogens is 282 g/mol. The molecule has 3 rings (SSSR count). The van der Waals surface area contributed by atoms with E-state index in [0.29, 0.717) is 12.2 Å². The van der Waals surface area contributed by atoms with E-state index in [1.54, 1.807) is 16.0 Å². The van der Waals surface area contributed by atoms with Gasteiger partial charge < -0.3 is 5.32 Å². The lowest BCUT2D eigenvalue weighted by atomic mass is 10.2. The van der Waals surface area contributed by atoms with Gasteiger partial charge in [0, 0.05) is 13.6 Å². The zero-order valence-corrected chi connectivity index (χ0v) is 12.4. The predicted octanol–water partition coefficient (Wildman–Crippen LogP) is 3.08. The molecule has 0 bridgehead atoms. The van der Waals surface area contributed by atoms with Crippen LogP contribution in [-0.2, 0) is 13.6 Å². The highest BCUT2D eigenvalue weighted by Gasteiger charge is 2.14. The number of thiophene rings is 1. The SMILES string of the molecule is Cn1nc(C(=O)NCc2ccccc2)cc1-c1cccs1. The minimum Gasteiger partial charge on any atom is -0.347 e. The van der Waals surface area contributed by atoms with Crippen LogP contribution in [-0.4, -0.2) is 15.7 Å². The van der Waals surface area contributed by atoms with Gasteiger partial charge in [0.05, 0.1) is 10.6 Å². The Bertz CT molecular complexity index is 732. The van der Waals surface area contributed by atoms with Crippen LogP contribution in [0.25, 0.3) is 10.6 Å². The lowest BCUT2D eigenvalue weighted by Crippen LogP contribution is -2.23. The summed E-state index contributed by atoms with van der Waals surface area (Å²) in [5, 5.41) is 9.19. The predicted molar refractivity (Wildman–Crippen MR) is 84.1 cm³/mol. The maximum Gasteiger partial charge on any atom is 0.272 e. The molecule has 2 heterocycles. The van der Waals surface area contributed by atoms with E-state index in [0.717, 1.165) is 16.1 Å². The van der Waals surface area contributed by atoms with Gasteiger partial charge in [-0.2, -0.15) is 5.10 Å². The summed E-state index contributed by atoms with van der Waals surface area (Å²) in [6.45, 7) is 0.505. The van der Waals surface area contributed by atoms with Crippen molar-refractivity contribution >= 4 is 17.2 Å². The minimum atomic E-state index is -0.155. The molecule has 0 radical (unpaired) electrons. The van der Waals surface area contributed by atoms with E-state index in [1.807, 2.05) is 61.0 Å². The summed E-state index contributed by atoms with van der Waals surface area (Å²) in [5.41, 5.74) is 2.46. The summed E-state index contributed by atoms with van der Waals surface area (Å²) < 4.78 is 1.74. The van der Waals surface area contributed by atoms with Crippen molar-refractivity contribution in [3.63, 3.8) is 0 Å².